The van der Waals surface area contributed by atoms with Gasteiger partial charge in [0, 0.05) is 33.9 Å². The van der Waals surface area contributed by atoms with Crippen LogP contribution in [0.3, 0.4) is 0 Å². The van der Waals surface area contributed by atoms with Crippen LogP contribution >= 0.6 is 0 Å². The summed E-state index contributed by atoms with van der Waals surface area (Å²) in [7, 11) is 4.28. The molecule has 150 valence electrons. The van der Waals surface area contributed by atoms with Crippen LogP contribution in [0.5, 0.6) is 11.5 Å². The van der Waals surface area contributed by atoms with Gasteiger partial charge in [-0.15, -0.1) is 0 Å². The predicted octanol–water partition coefficient (Wildman–Crippen LogP) is 3.62. The monoisotopic (exact) mass is 396 g/mol. The Morgan fingerprint density at radius 2 is 1.28 bits per heavy atom. The molecule has 4 rings (SSSR count). The van der Waals surface area contributed by atoms with E-state index in [9.17, 15) is 14.7 Å². The first-order chi connectivity index (χ1) is 13.9. The maximum atomic E-state index is 11.3. The summed E-state index contributed by atoms with van der Waals surface area (Å²) in [6.07, 6.45) is 0. The highest BCUT2D eigenvalue weighted by molar-refractivity contribution is 5.95. The van der Waals surface area contributed by atoms with Crippen LogP contribution in [-0.2, 0) is 9.47 Å². The summed E-state index contributed by atoms with van der Waals surface area (Å²) in [4.78, 5) is 28.2. The second kappa shape index (κ2) is 8.39. The molecule has 2 heterocycles. The van der Waals surface area contributed by atoms with Crippen molar-refractivity contribution in [3.63, 3.8) is 0 Å². The molecule has 0 fully saturated rings. The van der Waals surface area contributed by atoms with Crippen molar-refractivity contribution in [1.82, 2.24) is 9.97 Å². The molecule has 0 amide bonds. The number of nitrogens with one attached hydrogen (secondary N) is 2. The molecule has 8 heteroatoms. The molecule has 2 aromatic heterocycles. The van der Waals surface area contributed by atoms with Crippen molar-refractivity contribution in [2.45, 2.75) is 0 Å². The lowest BCUT2D eigenvalue weighted by Crippen LogP contribution is -2.00. The fourth-order valence-corrected chi connectivity index (χ4v) is 2.79. The third-order valence-electron chi connectivity index (χ3n) is 4.25. The van der Waals surface area contributed by atoms with Crippen molar-refractivity contribution < 1.29 is 28.9 Å². The highest BCUT2D eigenvalue weighted by Gasteiger charge is 2.10. The number of aromatic amines is 2. The fraction of sp³-hybridized carbons (Fsp3) is 0.143. The summed E-state index contributed by atoms with van der Waals surface area (Å²) in [6, 6.07) is 13.9. The first-order valence-electron chi connectivity index (χ1n) is 8.60. The van der Waals surface area contributed by atoms with E-state index < -0.39 is 5.97 Å². The number of carbonyl (C=O) groups is 2. The third-order valence-corrected chi connectivity index (χ3v) is 4.25. The minimum atomic E-state index is -0.416. The summed E-state index contributed by atoms with van der Waals surface area (Å²) in [5.41, 5.74) is 2.40. The zero-order valence-corrected chi connectivity index (χ0v) is 16.1. The standard InChI is InChI=1S/C11H11NO3.C10H9NO3/c1-14-8-4-3-7-5-10(11(13)15-2)12-9(7)6-8;1-14-10(13)9-4-6-2-3-7(12)5-8(6)11-9/h3-6,12H,1-2H3;2-5,11-12H,1H3. The van der Waals surface area contributed by atoms with Gasteiger partial charge < -0.3 is 29.3 Å². The van der Waals surface area contributed by atoms with E-state index in [1.807, 2.05) is 18.2 Å². The molecule has 0 saturated carbocycles. The van der Waals surface area contributed by atoms with E-state index in [0.29, 0.717) is 16.9 Å². The van der Waals surface area contributed by atoms with Crippen molar-refractivity contribution >= 4 is 33.7 Å². The number of hydrogen-bond donors (Lipinski definition) is 3. The number of methoxy groups -OCH3 is 3. The highest BCUT2D eigenvalue weighted by atomic mass is 16.5. The molecule has 29 heavy (non-hydrogen) atoms. The van der Waals surface area contributed by atoms with Gasteiger partial charge in [-0.3, -0.25) is 0 Å². The van der Waals surface area contributed by atoms with Gasteiger partial charge in [0.15, 0.2) is 0 Å². The van der Waals surface area contributed by atoms with Gasteiger partial charge in [-0.2, -0.15) is 0 Å². The van der Waals surface area contributed by atoms with Gasteiger partial charge in [-0.25, -0.2) is 9.59 Å². The van der Waals surface area contributed by atoms with Crippen molar-refractivity contribution in [3.05, 3.63) is 59.9 Å². The number of aromatic hydroxyl groups is 1. The van der Waals surface area contributed by atoms with E-state index in [-0.39, 0.29) is 11.7 Å². The Morgan fingerprint density at radius 1 is 0.759 bits per heavy atom. The number of carbonyl (C=O) groups excluding carboxylic acids is 2. The molecule has 0 atom stereocenters. The molecular formula is C21H20N2O6. The van der Waals surface area contributed by atoms with E-state index in [4.69, 9.17) is 4.74 Å². The smallest absolute Gasteiger partial charge is 0.354 e. The number of ether oxygens (including phenoxy) is 3. The molecular weight excluding hydrogens is 376 g/mol. The molecule has 0 aliphatic heterocycles. The Labute approximate surface area is 166 Å². The maximum absolute atomic E-state index is 11.3. The van der Waals surface area contributed by atoms with Gasteiger partial charge in [-0.05, 0) is 36.4 Å². The minimum Gasteiger partial charge on any atom is -0.508 e. The summed E-state index contributed by atoms with van der Waals surface area (Å²) in [5.74, 6) is 0.127. The number of fused-ring (bicyclic) bond motifs is 2. The molecule has 0 bridgehead atoms. The van der Waals surface area contributed by atoms with Gasteiger partial charge >= 0.3 is 11.9 Å². The second-order valence-corrected chi connectivity index (χ2v) is 6.07. The van der Waals surface area contributed by atoms with Crippen LogP contribution in [0.15, 0.2) is 48.5 Å². The minimum absolute atomic E-state index is 0.163. The number of rotatable bonds is 3. The maximum Gasteiger partial charge on any atom is 0.354 e. The van der Waals surface area contributed by atoms with Gasteiger partial charge in [0.05, 0.1) is 21.3 Å². The molecule has 0 aliphatic carbocycles. The Morgan fingerprint density at radius 3 is 1.79 bits per heavy atom. The van der Waals surface area contributed by atoms with Crippen LogP contribution in [0.4, 0.5) is 0 Å². The fourth-order valence-electron chi connectivity index (χ4n) is 2.79. The van der Waals surface area contributed by atoms with Crippen LogP contribution in [0, 0.1) is 0 Å². The first-order valence-corrected chi connectivity index (χ1v) is 8.60. The van der Waals surface area contributed by atoms with Crippen LogP contribution in [0.2, 0.25) is 0 Å². The van der Waals surface area contributed by atoms with Crippen molar-refractivity contribution in [1.29, 1.82) is 0 Å². The molecule has 3 N–H and O–H groups in total. The number of esters is 2. The molecule has 0 radical (unpaired) electrons. The van der Waals surface area contributed by atoms with Gasteiger partial charge in [0.25, 0.3) is 0 Å². The lowest BCUT2D eigenvalue weighted by atomic mass is 10.2. The SMILES string of the molecule is COC(=O)c1cc2ccc(O)cc2[nH]1.COC(=O)c1cc2ccc(OC)cc2[nH]1. The predicted molar refractivity (Wildman–Crippen MR) is 107 cm³/mol. The number of hydrogen-bond acceptors (Lipinski definition) is 6. The normalized spacial score (nSPS) is 10.3. The average Bonchev–Trinajstić information content (AvgIpc) is 3.36. The van der Waals surface area contributed by atoms with Crippen molar-refractivity contribution in [2.24, 2.45) is 0 Å². The average molecular weight is 396 g/mol. The Hall–Kier alpha value is -3.94. The third kappa shape index (κ3) is 4.32. The number of aromatic nitrogens is 2. The number of benzene rings is 2. The van der Waals surface area contributed by atoms with Gasteiger partial charge in [0.1, 0.15) is 22.9 Å². The molecule has 0 unspecified atom stereocenters. The van der Waals surface area contributed by atoms with Crippen LogP contribution in [0.25, 0.3) is 21.8 Å². The number of phenols is 1. The molecule has 2 aromatic carbocycles. The van der Waals surface area contributed by atoms with Crippen LogP contribution in [-0.4, -0.2) is 48.3 Å². The van der Waals surface area contributed by atoms with E-state index >= 15 is 0 Å². The second-order valence-electron chi connectivity index (χ2n) is 6.07. The largest absolute Gasteiger partial charge is 0.508 e. The first kappa shape index (κ1) is 19.8. The van der Waals surface area contributed by atoms with E-state index in [2.05, 4.69) is 19.4 Å². The summed E-state index contributed by atoms with van der Waals surface area (Å²) >= 11 is 0. The van der Waals surface area contributed by atoms with Gasteiger partial charge in [-0.1, -0.05) is 0 Å². The molecule has 0 spiro atoms. The van der Waals surface area contributed by atoms with E-state index in [1.165, 1.54) is 14.2 Å². The zero-order chi connectivity index (χ0) is 21.0. The Bertz CT molecular complexity index is 1170. The van der Waals surface area contributed by atoms with Crippen molar-refractivity contribution in [2.75, 3.05) is 21.3 Å². The van der Waals surface area contributed by atoms with Crippen LogP contribution < -0.4 is 4.74 Å². The quantitative estimate of drug-likeness (QED) is 0.456. The number of H-pyrrole nitrogens is 2. The summed E-state index contributed by atoms with van der Waals surface area (Å²) < 4.78 is 14.3. The lowest BCUT2D eigenvalue weighted by molar-refractivity contribution is 0.0586. The van der Waals surface area contributed by atoms with Crippen molar-refractivity contribution in [3.8, 4) is 11.5 Å². The lowest BCUT2D eigenvalue weighted by Gasteiger charge is -1.97. The summed E-state index contributed by atoms with van der Waals surface area (Å²) in [6.45, 7) is 0. The number of phenolic OH excluding ortho intramolecular Hbond substituents is 1. The Balaban J connectivity index is 0.000000166. The Kier molecular flexibility index (Phi) is 5.73. The summed E-state index contributed by atoms with van der Waals surface area (Å²) in [5, 5.41) is 11.0. The zero-order valence-electron chi connectivity index (χ0n) is 16.1. The van der Waals surface area contributed by atoms with E-state index in [1.54, 1.807) is 37.4 Å². The molecule has 4 aromatic rings. The highest BCUT2D eigenvalue weighted by Crippen LogP contribution is 2.22. The van der Waals surface area contributed by atoms with E-state index in [0.717, 1.165) is 22.0 Å². The van der Waals surface area contributed by atoms with Gasteiger partial charge in [0.2, 0.25) is 0 Å². The topological polar surface area (TPSA) is 114 Å². The molecule has 8 nitrogen and oxygen atoms in total. The molecule has 0 saturated heterocycles. The van der Waals surface area contributed by atoms with Crippen LogP contribution in [0.1, 0.15) is 21.0 Å². The molecule has 0 aliphatic rings.